The van der Waals surface area contributed by atoms with E-state index >= 15 is 0 Å². The molecule has 0 aromatic heterocycles. The SMILES string of the molecule is CC(=O)Nc1ccc(C)cc1N1CCCC1. The van der Waals surface area contributed by atoms with Gasteiger partial charge in [0, 0.05) is 20.0 Å². The monoisotopic (exact) mass is 218 g/mol. The van der Waals surface area contributed by atoms with E-state index in [4.69, 9.17) is 0 Å². The third-order valence-corrected chi connectivity index (χ3v) is 2.91. The molecule has 0 spiro atoms. The second-order valence-corrected chi connectivity index (χ2v) is 4.40. The number of hydrogen-bond donors (Lipinski definition) is 1. The number of carbonyl (C=O) groups is 1. The van der Waals surface area contributed by atoms with Crippen molar-refractivity contribution in [2.75, 3.05) is 23.3 Å². The van der Waals surface area contributed by atoms with Gasteiger partial charge >= 0.3 is 0 Å². The molecule has 1 heterocycles. The van der Waals surface area contributed by atoms with Gasteiger partial charge in [-0.15, -0.1) is 0 Å². The van der Waals surface area contributed by atoms with Gasteiger partial charge in [0.15, 0.2) is 0 Å². The predicted octanol–water partition coefficient (Wildman–Crippen LogP) is 2.55. The van der Waals surface area contributed by atoms with Gasteiger partial charge in [0.05, 0.1) is 11.4 Å². The minimum absolute atomic E-state index is 0.00991. The highest BCUT2D eigenvalue weighted by atomic mass is 16.1. The number of nitrogens with zero attached hydrogens (tertiary/aromatic N) is 1. The number of benzene rings is 1. The van der Waals surface area contributed by atoms with Crippen molar-refractivity contribution >= 4 is 17.3 Å². The van der Waals surface area contributed by atoms with Crippen LogP contribution in [0.5, 0.6) is 0 Å². The first-order chi connectivity index (χ1) is 7.66. The fourth-order valence-electron chi connectivity index (χ4n) is 2.16. The van der Waals surface area contributed by atoms with E-state index in [9.17, 15) is 4.79 Å². The molecule has 0 atom stereocenters. The third kappa shape index (κ3) is 2.35. The van der Waals surface area contributed by atoms with Gasteiger partial charge in [-0.1, -0.05) is 6.07 Å². The molecule has 1 aromatic carbocycles. The maximum atomic E-state index is 11.1. The van der Waals surface area contributed by atoms with Crippen molar-refractivity contribution in [3.8, 4) is 0 Å². The zero-order valence-corrected chi connectivity index (χ0v) is 9.92. The van der Waals surface area contributed by atoms with Crippen LogP contribution in [0.1, 0.15) is 25.3 Å². The lowest BCUT2D eigenvalue weighted by atomic mass is 10.1. The number of aryl methyl sites for hydroxylation is 1. The van der Waals surface area contributed by atoms with Crippen molar-refractivity contribution in [1.29, 1.82) is 0 Å². The number of hydrogen-bond acceptors (Lipinski definition) is 2. The largest absolute Gasteiger partial charge is 0.370 e. The molecule has 1 aromatic rings. The van der Waals surface area contributed by atoms with Crippen LogP contribution in [-0.2, 0) is 4.79 Å². The summed E-state index contributed by atoms with van der Waals surface area (Å²) in [6.45, 7) is 5.82. The topological polar surface area (TPSA) is 32.3 Å². The van der Waals surface area contributed by atoms with E-state index in [-0.39, 0.29) is 5.91 Å². The number of anilines is 2. The lowest BCUT2D eigenvalue weighted by Gasteiger charge is -2.21. The smallest absolute Gasteiger partial charge is 0.221 e. The normalized spacial score (nSPS) is 15.2. The highest BCUT2D eigenvalue weighted by Gasteiger charge is 2.16. The number of carbonyl (C=O) groups excluding carboxylic acids is 1. The molecular weight excluding hydrogens is 200 g/mol. The van der Waals surface area contributed by atoms with Crippen LogP contribution in [0.15, 0.2) is 18.2 Å². The summed E-state index contributed by atoms with van der Waals surface area (Å²) >= 11 is 0. The van der Waals surface area contributed by atoms with Gasteiger partial charge in [0.1, 0.15) is 0 Å². The lowest BCUT2D eigenvalue weighted by Crippen LogP contribution is -2.20. The van der Waals surface area contributed by atoms with Crippen LogP contribution in [0.4, 0.5) is 11.4 Å². The molecule has 0 aliphatic carbocycles. The molecule has 1 N–H and O–H groups in total. The zero-order chi connectivity index (χ0) is 11.5. The Kier molecular flexibility index (Phi) is 3.13. The number of rotatable bonds is 2. The van der Waals surface area contributed by atoms with Crippen molar-refractivity contribution in [3.63, 3.8) is 0 Å². The van der Waals surface area contributed by atoms with Crippen LogP contribution >= 0.6 is 0 Å². The summed E-state index contributed by atoms with van der Waals surface area (Å²) in [5.74, 6) is -0.00991. The fraction of sp³-hybridized carbons (Fsp3) is 0.462. The average molecular weight is 218 g/mol. The van der Waals surface area contributed by atoms with E-state index in [0.717, 1.165) is 24.5 Å². The first-order valence-corrected chi connectivity index (χ1v) is 5.80. The maximum Gasteiger partial charge on any atom is 0.221 e. The van der Waals surface area contributed by atoms with Crippen molar-refractivity contribution in [1.82, 2.24) is 0 Å². The standard InChI is InChI=1S/C13H18N2O/c1-10-5-6-12(14-11(2)16)13(9-10)15-7-3-4-8-15/h5-6,9H,3-4,7-8H2,1-2H3,(H,14,16). The molecule has 1 fully saturated rings. The Morgan fingerprint density at radius 3 is 2.62 bits per heavy atom. The summed E-state index contributed by atoms with van der Waals surface area (Å²) in [6, 6.07) is 6.17. The van der Waals surface area contributed by atoms with Crippen LogP contribution in [0.25, 0.3) is 0 Å². The second kappa shape index (κ2) is 4.56. The molecule has 0 saturated carbocycles. The molecule has 16 heavy (non-hydrogen) atoms. The van der Waals surface area contributed by atoms with Gasteiger partial charge in [-0.05, 0) is 37.5 Å². The first-order valence-electron chi connectivity index (χ1n) is 5.80. The molecule has 3 nitrogen and oxygen atoms in total. The Hall–Kier alpha value is -1.51. The minimum Gasteiger partial charge on any atom is -0.370 e. The highest BCUT2D eigenvalue weighted by Crippen LogP contribution is 2.29. The van der Waals surface area contributed by atoms with Gasteiger partial charge in [0.2, 0.25) is 5.91 Å². The van der Waals surface area contributed by atoms with E-state index in [2.05, 4.69) is 23.2 Å². The Bertz CT molecular complexity index is 395. The van der Waals surface area contributed by atoms with E-state index < -0.39 is 0 Å². The molecule has 1 amide bonds. The van der Waals surface area contributed by atoms with Crippen LogP contribution in [0.2, 0.25) is 0 Å². The van der Waals surface area contributed by atoms with Crippen LogP contribution in [-0.4, -0.2) is 19.0 Å². The van der Waals surface area contributed by atoms with Crippen LogP contribution in [0, 0.1) is 6.92 Å². The molecule has 2 rings (SSSR count). The van der Waals surface area contributed by atoms with Crippen molar-refractivity contribution in [2.45, 2.75) is 26.7 Å². The van der Waals surface area contributed by atoms with Crippen molar-refractivity contribution < 1.29 is 4.79 Å². The van der Waals surface area contributed by atoms with Gasteiger partial charge < -0.3 is 10.2 Å². The first kappa shape index (κ1) is 11.0. The Labute approximate surface area is 96.5 Å². The van der Waals surface area contributed by atoms with Crippen LogP contribution in [0.3, 0.4) is 0 Å². The van der Waals surface area contributed by atoms with E-state index in [1.54, 1.807) is 6.92 Å². The Morgan fingerprint density at radius 1 is 1.31 bits per heavy atom. The summed E-state index contributed by atoms with van der Waals surface area (Å²) < 4.78 is 0. The maximum absolute atomic E-state index is 11.1. The quantitative estimate of drug-likeness (QED) is 0.827. The van der Waals surface area contributed by atoms with Gasteiger partial charge in [-0.3, -0.25) is 4.79 Å². The molecule has 86 valence electrons. The second-order valence-electron chi connectivity index (χ2n) is 4.40. The highest BCUT2D eigenvalue weighted by molar-refractivity contribution is 5.93. The van der Waals surface area contributed by atoms with Gasteiger partial charge in [-0.2, -0.15) is 0 Å². The van der Waals surface area contributed by atoms with Gasteiger partial charge in [-0.25, -0.2) is 0 Å². The summed E-state index contributed by atoms with van der Waals surface area (Å²) in [6.07, 6.45) is 2.49. The summed E-state index contributed by atoms with van der Waals surface area (Å²) in [5, 5.41) is 2.90. The molecule has 0 unspecified atom stereocenters. The Morgan fingerprint density at radius 2 is 2.00 bits per heavy atom. The van der Waals surface area contributed by atoms with E-state index in [0.29, 0.717) is 0 Å². The van der Waals surface area contributed by atoms with E-state index in [1.807, 2.05) is 12.1 Å². The molecule has 0 bridgehead atoms. The number of amides is 1. The Balaban J connectivity index is 2.31. The van der Waals surface area contributed by atoms with Gasteiger partial charge in [0.25, 0.3) is 0 Å². The van der Waals surface area contributed by atoms with Crippen molar-refractivity contribution in [2.24, 2.45) is 0 Å². The molecule has 1 saturated heterocycles. The average Bonchev–Trinajstić information content (AvgIpc) is 2.73. The summed E-state index contributed by atoms with van der Waals surface area (Å²) in [5.41, 5.74) is 3.32. The van der Waals surface area contributed by atoms with Crippen molar-refractivity contribution in [3.05, 3.63) is 23.8 Å². The summed E-state index contributed by atoms with van der Waals surface area (Å²) in [4.78, 5) is 13.5. The van der Waals surface area contributed by atoms with Crippen LogP contribution < -0.4 is 10.2 Å². The molecule has 0 radical (unpaired) electrons. The molecule has 1 aliphatic rings. The molecule has 1 aliphatic heterocycles. The third-order valence-electron chi connectivity index (χ3n) is 2.91. The minimum atomic E-state index is -0.00991. The zero-order valence-electron chi connectivity index (χ0n) is 9.92. The summed E-state index contributed by atoms with van der Waals surface area (Å²) in [7, 11) is 0. The fourth-order valence-corrected chi connectivity index (χ4v) is 2.16. The number of nitrogens with one attached hydrogen (secondary N) is 1. The predicted molar refractivity (Wildman–Crippen MR) is 66.9 cm³/mol. The molecular formula is C13H18N2O. The van der Waals surface area contributed by atoms with E-state index in [1.165, 1.54) is 18.4 Å². The molecule has 3 heteroatoms. The lowest BCUT2D eigenvalue weighted by molar-refractivity contribution is -0.114.